The van der Waals surface area contributed by atoms with E-state index >= 15 is 0 Å². The molecule has 0 spiro atoms. The van der Waals surface area contributed by atoms with E-state index in [0.29, 0.717) is 19.7 Å². The third-order valence-electron chi connectivity index (χ3n) is 3.30. The number of halogens is 1. The molecular weight excluding hydrogens is 277 g/mol. The van der Waals surface area contributed by atoms with Gasteiger partial charge in [0.25, 0.3) is 0 Å². The highest BCUT2D eigenvalue weighted by Crippen LogP contribution is 2.22. The van der Waals surface area contributed by atoms with Gasteiger partial charge >= 0.3 is 6.03 Å². The van der Waals surface area contributed by atoms with E-state index in [0.717, 1.165) is 5.56 Å². The number of nitrogens with zero attached hydrogens (tertiary/aromatic N) is 1. The summed E-state index contributed by atoms with van der Waals surface area (Å²) >= 11 is 0. The molecule has 2 rings (SSSR count). The molecule has 0 unspecified atom stereocenters. The maximum absolute atomic E-state index is 12.9. The Morgan fingerprint density at radius 2 is 2.10 bits per heavy atom. The van der Waals surface area contributed by atoms with Crippen molar-refractivity contribution in [2.45, 2.75) is 12.5 Å². The van der Waals surface area contributed by atoms with E-state index < -0.39 is 6.03 Å². The van der Waals surface area contributed by atoms with Gasteiger partial charge in [0.05, 0.1) is 13.2 Å². The Hall–Kier alpha value is -2.15. The van der Waals surface area contributed by atoms with Crippen LogP contribution in [0, 0.1) is 5.82 Å². The van der Waals surface area contributed by atoms with Crippen molar-refractivity contribution in [2.75, 3.05) is 26.2 Å². The van der Waals surface area contributed by atoms with Crippen molar-refractivity contribution in [3.63, 3.8) is 0 Å². The number of morpholine rings is 1. The number of carbonyl (C=O) groups is 2. The van der Waals surface area contributed by atoms with Crippen LogP contribution in [0.15, 0.2) is 24.3 Å². The molecule has 0 aromatic heterocycles. The van der Waals surface area contributed by atoms with Gasteiger partial charge in [0, 0.05) is 19.5 Å². The lowest BCUT2D eigenvalue weighted by molar-refractivity contribution is -0.138. The monoisotopic (exact) mass is 295 g/mol. The molecule has 1 aliphatic rings. The van der Waals surface area contributed by atoms with Crippen LogP contribution in [-0.2, 0) is 9.53 Å². The number of benzene rings is 1. The zero-order chi connectivity index (χ0) is 15.2. The fourth-order valence-electron chi connectivity index (χ4n) is 2.21. The molecule has 1 aromatic carbocycles. The first-order valence-electron chi connectivity index (χ1n) is 6.74. The van der Waals surface area contributed by atoms with E-state index in [2.05, 4.69) is 5.32 Å². The van der Waals surface area contributed by atoms with Crippen LogP contribution in [0.4, 0.5) is 9.18 Å². The number of nitrogens with two attached hydrogens (primary N) is 1. The third kappa shape index (κ3) is 4.42. The van der Waals surface area contributed by atoms with Gasteiger partial charge in [0.2, 0.25) is 5.91 Å². The minimum Gasteiger partial charge on any atom is -0.370 e. The number of urea groups is 1. The summed E-state index contributed by atoms with van der Waals surface area (Å²) in [5.74, 6) is -0.376. The first kappa shape index (κ1) is 15.2. The van der Waals surface area contributed by atoms with Gasteiger partial charge in [-0.2, -0.15) is 0 Å². The van der Waals surface area contributed by atoms with E-state index in [9.17, 15) is 14.0 Å². The van der Waals surface area contributed by atoms with Gasteiger partial charge in [-0.3, -0.25) is 4.79 Å². The number of amides is 3. The summed E-state index contributed by atoms with van der Waals surface area (Å²) in [5.41, 5.74) is 5.78. The molecule has 21 heavy (non-hydrogen) atoms. The molecular formula is C14H18FN3O3. The van der Waals surface area contributed by atoms with Crippen molar-refractivity contribution >= 4 is 11.9 Å². The summed E-state index contributed by atoms with van der Waals surface area (Å²) in [6, 6.07) is 5.41. The zero-order valence-electron chi connectivity index (χ0n) is 11.5. The molecule has 0 radical (unpaired) electrons. The van der Waals surface area contributed by atoms with Crippen LogP contribution in [0.25, 0.3) is 0 Å². The number of hydrogen-bond acceptors (Lipinski definition) is 3. The summed E-state index contributed by atoms with van der Waals surface area (Å²) in [6.45, 7) is 1.57. The number of carbonyl (C=O) groups excluding carboxylic acids is 2. The SMILES string of the molecule is NC(=O)NCCC(=O)N1CCO[C@@H](c2ccc(F)cc2)C1. The van der Waals surface area contributed by atoms with Gasteiger partial charge in [-0.05, 0) is 17.7 Å². The van der Waals surface area contributed by atoms with Gasteiger partial charge in [0.15, 0.2) is 0 Å². The molecule has 1 aliphatic heterocycles. The van der Waals surface area contributed by atoms with Crippen LogP contribution in [0.3, 0.4) is 0 Å². The first-order chi connectivity index (χ1) is 10.1. The molecule has 0 aliphatic carbocycles. The Bertz CT molecular complexity index is 507. The number of hydrogen-bond donors (Lipinski definition) is 2. The maximum Gasteiger partial charge on any atom is 0.312 e. The molecule has 1 saturated heterocycles. The fourth-order valence-corrected chi connectivity index (χ4v) is 2.21. The number of nitrogens with one attached hydrogen (secondary N) is 1. The smallest absolute Gasteiger partial charge is 0.312 e. The van der Waals surface area contributed by atoms with Gasteiger partial charge in [0.1, 0.15) is 11.9 Å². The lowest BCUT2D eigenvalue weighted by Crippen LogP contribution is -2.43. The van der Waals surface area contributed by atoms with Crippen molar-refractivity contribution in [2.24, 2.45) is 5.73 Å². The molecule has 3 N–H and O–H groups in total. The highest BCUT2D eigenvalue weighted by Gasteiger charge is 2.25. The highest BCUT2D eigenvalue weighted by atomic mass is 19.1. The van der Waals surface area contributed by atoms with Crippen molar-refractivity contribution in [3.05, 3.63) is 35.6 Å². The predicted molar refractivity (Wildman–Crippen MR) is 73.9 cm³/mol. The second-order valence-electron chi connectivity index (χ2n) is 4.79. The number of primary amides is 1. The second-order valence-corrected chi connectivity index (χ2v) is 4.79. The van der Waals surface area contributed by atoms with Gasteiger partial charge < -0.3 is 20.7 Å². The first-order valence-corrected chi connectivity index (χ1v) is 6.74. The predicted octanol–water partition coefficient (Wildman–Crippen LogP) is 0.784. The zero-order valence-corrected chi connectivity index (χ0v) is 11.5. The normalized spacial score (nSPS) is 18.3. The molecule has 0 saturated carbocycles. The standard InChI is InChI=1S/C14H18FN3O3/c15-11-3-1-10(2-4-11)12-9-18(7-8-21-12)13(19)5-6-17-14(16)20/h1-4,12H,5-9H2,(H3,16,17,20)/t12-/m1/s1. The molecule has 0 bridgehead atoms. The summed E-state index contributed by atoms with van der Waals surface area (Å²) in [4.78, 5) is 24.3. The van der Waals surface area contributed by atoms with Crippen molar-refractivity contribution < 1.29 is 18.7 Å². The maximum atomic E-state index is 12.9. The molecule has 6 nitrogen and oxygen atoms in total. The second kappa shape index (κ2) is 7.03. The third-order valence-corrected chi connectivity index (χ3v) is 3.30. The van der Waals surface area contributed by atoms with Crippen molar-refractivity contribution in [3.8, 4) is 0 Å². The Kier molecular flexibility index (Phi) is 5.10. The van der Waals surface area contributed by atoms with Crippen molar-refractivity contribution in [1.82, 2.24) is 10.2 Å². The van der Waals surface area contributed by atoms with Crippen LogP contribution >= 0.6 is 0 Å². The van der Waals surface area contributed by atoms with Crippen LogP contribution in [0.2, 0.25) is 0 Å². The molecule has 7 heteroatoms. The summed E-state index contributed by atoms with van der Waals surface area (Å²) in [7, 11) is 0. The van der Waals surface area contributed by atoms with Crippen LogP contribution in [0.5, 0.6) is 0 Å². The average molecular weight is 295 g/mol. The number of ether oxygens (including phenoxy) is 1. The highest BCUT2D eigenvalue weighted by molar-refractivity contribution is 5.78. The lowest BCUT2D eigenvalue weighted by atomic mass is 10.1. The van der Waals surface area contributed by atoms with E-state index in [1.54, 1.807) is 17.0 Å². The average Bonchev–Trinajstić information content (AvgIpc) is 2.47. The summed E-state index contributed by atoms with van der Waals surface area (Å²) < 4.78 is 18.5. The van der Waals surface area contributed by atoms with Crippen LogP contribution < -0.4 is 11.1 Å². The number of rotatable bonds is 4. The van der Waals surface area contributed by atoms with Crippen LogP contribution in [0.1, 0.15) is 18.1 Å². The fraction of sp³-hybridized carbons (Fsp3) is 0.429. The minimum absolute atomic E-state index is 0.0702. The molecule has 1 aromatic rings. The Labute approximate surface area is 122 Å². The van der Waals surface area contributed by atoms with E-state index in [-0.39, 0.29) is 30.8 Å². The van der Waals surface area contributed by atoms with Crippen molar-refractivity contribution in [1.29, 1.82) is 0 Å². The minimum atomic E-state index is -0.644. The summed E-state index contributed by atoms with van der Waals surface area (Å²) in [5, 5.41) is 2.38. The largest absolute Gasteiger partial charge is 0.370 e. The van der Waals surface area contributed by atoms with E-state index in [4.69, 9.17) is 10.5 Å². The van der Waals surface area contributed by atoms with Gasteiger partial charge in [-0.25, -0.2) is 9.18 Å². The van der Waals surface area contributed by atoms with E-state index in [1.807, 2.05) is 0 Å². The molecule has 1 heterocycles. The Morgan fingerprint density at radius 1 is 1.38 bits per heavy atom. The lowest BCUT2D eigenvalue weighted by Gasteiger charge is -2.33. The molecule has 1 atom stereocenters. The Balaban J connectivity index is 1.89. The topological polar surface area (TPSA) is 84.7 Å². The van der Waals surface area contributed by atoms with Crippen LogP contribution in [-0.4, -0.2) is 43.1 Å². The molecule has 3 amide bonds. The van der Waals surface area contributed by atoms with E-state index in [1.165, 1.54) is 12.1 Å². The van der Waals surface area contributed by atoms with Gasteiger partial charge in [-0.1, -0.05) is 12.1 Å². The molecule has 1 fully saturated rings. The quantitative estimate of drug-likeness (QED) is 0.861. The molecule has 114 valence electrons. The van der Waals surface area contributed by atoms with Gasteiger partial charge in [-0.15, -0.1) is 0 Å². The summed E-state index contributed by atoms with van der Waals surface area (Å²) in [6.07, 6.45) is -0.0635. The Morgan fingerprint density at radius 3 is 2.76 bits per heavy atom.